The van der Waals surface area contributed by atoms with Gasteiger partial charge in [0.05, 0.1) is 11.5 Å². The zero-order chi connectivity index (χ0) is 13.1. The minimum atomic E-state index is -3.47. The van der Waals surface area contributed by atoms with E-state index in [1.807, 2.05) is 6.92 Å². The lowest BCUT2D eigenvalue weighted by Crippen LogP contribution is -2.35. The lowest BCUT2D eigenvalue weighted by Gasteiger charge is -2.13. The maximum absolute atomic E-state index is 12.0. The number of benzene rings is 1. The molecule has 6 heteroatoms. The Morgan fingerprint density at radius 1 is 1.47 bits per heavy atom. The van der Waals surface area contributed by atoms with E-state index in [9.17, 15) is 8.42 Å². The molecule has 1 rings (SSSR count). The fourth-order valence-electron chi connectivity index (χ4n) is 1.40. The Bertz CT molecular complexity index is 487. The number of ether oxygens (including phenoxy) is 1. The van der Waals surface area contributed by atoms with Gasteiger partial charge >= 0.3 is 0 Å². The summed E-state index contributed by atoms with van der Waals surface area (Å²) >= 11 is 3.34. The highest BCUT2D eigenvalue weighted by molar-refractivity contribution is 9.10. The molecule has 0 aliphatic heterocycles. The molecule has 1 aromatic rings. The molecular formula is C11H16BrNO3S. The second-order valence-corrected chi connectivity index (χ2v) is 6.46. The number of methoxy groups -OCH3 is 1. The van der Waals surface area contributed by atoms with Crippen LogP contribution in [0.1, 0.15) is 12.5 Å². The minimum Gasteiger partial charge on any atom is -0.383 e. The van der Waals surface area contributed by atoms with E-state index in [0.29, 0.717) is 6.61 Å². The largest absolute Gasteiger partial charge is 0.383 e. The van der Waals surface area contributed by atoms with Gasteiger partial charge in [0.25, 0.3) is 0 Å². The van der Waals surface area contributed by atoms with Crippen LogP contribution in [0.3, 0.4) is 0 Å². The molecule has 0 saturated heterocycles. The van der Waals surface area contributed by atoms with Crippen LogP contribution in [-0.2, 0) is 14.8 Å². The maximum Gasteiger partial charge on any atom is 0.240 e. The third-order valence-electron chi connectivity index (χ3n) is 2.21. The highest BCUT2D eigenvalue weighted by atomic mass is 79.9. The summed E-state index contributed by atoms with van der Waals surface area (Å²) in [6.45, 7) is 3.95. The first-order chi connectivity index (χ1) is 7.86. The van der Waals surface area contributed by atoms with Crippen molar-refractivity contribution >= 4 is 26.0 Å². The van der Waals surface area contributed by atoms with Gasteiger partial charge in [0.2, 0.25) is 10.0 Å². The van der Waals surface area contributed by atoms with Crippen LogP contribution in [-0.4, -0.2) is 28.2 Å². The number of aryl methyl sites for hydroxylation is 1. The molecule has 4 nitrogen and oxygen atoms in total. The number of hydrogen-bond acceptors (Lipinski definition) is 3. The highest BCUT2D eigenvalue weighted by Crippen LogP contribution is 2.20. The summed E-state index contributed by atoms with van der Waals surface area (Å²) in [5, 5.41) is 0. The van der Waals surface area contributed by atoms with Crippen molar-refractivity contribution in [3.63, 3.8) is 0 Å². The Balaban J connectivity index is 2.93. The summed E-state index contributed by atoms with van der Waals surface area (Å²) in [6.07, 6.45) is 0. The van der Waals surface area contributed by atoms with Gasteiger partial charge in [0.15, 0.2) is 0 Å². The average Bonchev–Trinajstić information content (AvgIpc) is 2.21. The Hall–Kier alpha value is -0.430. The molecule has 0 saturated carbocycles. The van der Waals surface area contributed by atoms with Crippen LogP contribution < -0.4 is 4.72 Å². The molecule has 0 bridgehead atoms. The van der Waals surface area contributed by atoms with E-state index in [1.165, 1.54) is 7.11 Å². The van der Waals surface area contributed by atoms with E-state index in [1.54, 1.807) is 25.1 Å². The predicted molar refractivity (Wildman–Crippen MR) is 70.5 cm³/mol. The molecule has 17 heavy (non-hydrogen) atoms. The lowest BCUT2D eigenvalue weighted by atomic mass is 10.2. The van der Waals surface area contributed by atoms with Crippen molar-refractivity contribution in [3.8, 4) is 0 Å². The highest BCUT2D eigenvalue weighted by Gasteiger charge is 2.17. The topological polar surface area (TPSA) is 55.4 Å². The van der Waals surface area contributed by atoms with E-state index in [0.717, 1.165) is 10.0 Å². The number of hydrogen-bond donors (Lipinski definition) is 1. The van der Waals surface area contributed by atoms with Gasteiger partial charge in [-0.05, 0) is 37.6 Å². The third kappa shape index (κ3) is 4.06. The van der Waals surface area contributed by atoms with Crippen molar-refractivity contribution in [1.82, 2.24) is 4.72 Å². The van der Waals surface area contributed by atoms with Gasteiger partial charge in [0.1, 0.15) is 0 Å². The van der Waals surface area contributed by atoms with E-state index in [4.69, 9.17) is 4.74 Å². The standard InChI is InChI=1S/C11H16BrNO3S/c1-8-6-10(4-5-11(8)12)17(14,15)13-9(2)7-16-3/h4-6,9,13H,7H2,1-3H3/t9-/m0/s1. The summed E-state index contributed by atoms with van der Waals surface area (Å²) in [4.78, 5) is 0.265. The van der Waals surface area contributed by atoms with Crippen LogP contribution in [0, 0.1) is 6.92 Å². The fourth-order valence-corrected chi connectivity index (χ4v) is 2.96. The molecule has 0 amide bonds. The van der Waals surface area contributed by atoms with E-state index >= 15 is 0 Å². The molecule has 0 aromatic heterocycles. The zero-order valence-corrected chi connectivity index (χ0v) is 12.4. The lowest BCUT2D eigenvalue weighted by molar-refractivity contribution is 0.180. The molecule has 0 fully saturated rings. The molecule has 0 radical (unpaired) electrons. The van der Waals surface area contributed by atoms with Crippen molar-refractivity contribution in [1.29, 1.82) is 0 Å². The first-order valence-corrected chi connectivity index (χ1v) is 7.42. The second-order valence-electron chi connectivity index (χ2n) is 3.89. The number of nitrogens with one attached hydrogen (secondary N) is 1. The smallest absolute Gasteiger partial charge is 0.240 e. The van der Waals surface area contributed by atoms with Crippen molar-refractivity contribution in [2.24, 2.45) is 0 Å². The molecule has 1 N–H and O–H groups in total. The summed E-state index contributed by atoms with van der Waals surface area (Å²) in [5.74, 6) is 0. The van der Waals surface area contributed by atoms with E-state index in [2.05, 4.69) is 20.7 Å². The van der Waals surface area contributed by atoms with Crippen LogP contribution >= 0.6 is 15.9 Å². The van der Waals surface area contributed by atoms with Gasteiger partial charge < -0.3 is 4.74 Å². The molecule has 0 heterocycles. The number of sulfonamides is 1. The van der Waals surface area contributed by atoms with Crippen LogP contribution in [0.15, 0.2) is 27.6 Å². The summed E-state index contributed by atoms with van der Waals surface area (Å²) in [7, 11) is -1.94. The Morgan fingerprint density at radius 2 is 2.12 bits per heavy atom. The molecule has 1 aromatic carbocycles. The average molecular weight is 322 g/mol. The van der Waals surface area contributed by atoms with Gasteiger partial charge in [-0.2, -0.15) is 0 Å². The predicted octanol–water partition coefficient (Wildman–Crippen LogP) is 2.07. The minimum absolute atomic E-state index is 0.256. The van der Waals surface area contributed by atoms with Crippen molar-refractivity contribution < 1.29 is 13.2 Å². The van der Waals surface area contributed by atoms with Crippen molar-refractivity contribution in [2.75, 3.05) is 13.7 Å². The zero-order valence-electron chi connectivity index (χ0n) is 10.0. The fraction of sp³-hybridized carbons (Fsp3) is 0.455. The van der Waals surface area contributed by atoms with E-state index in [-0.39, 0.29) is 10.9 Å². The Morgan fingerprint density at radius 3 is 2.65 bits per heavy atom. The van der Waals surface area contributed by atoms with Gasteiger partial charge in [-0.1, -0.05) is 15.9 Å². The molecule has 0 aliphatic rings. The van der Waals surface area contributed by atoms with Gasteiger partial charge in [-0.3, -0.25) is 0 Å². The number of halogens is 1. The Kier molecular flexibility index (Phi) is 5.12. The number of rotatable bonds is 5. The maximum atomic E-state index is 12.0. The normalized spacial score (nSPS) is 13.6. The quantitative estimate of drug-likeness (QED) is 0.903. The van der Waals surface area contributed by atoms with Crippen LogP contribution in [0.2, 0.25) is 0 Å². The SMILES string of the molecule is COC[C@H](C)NS(=O)(=O)c1ccc(Br)c(C)c1. The van der Waals surface area contributed by atoms with Gasteiger partial charge in [-0.25, -0.2) is 13.1 Å². The van der Waals surface area contributed by atoms with Crippen molar-refractivity contribution in [2.45, 2.75) is 24.8 Å². The van der Waals surface area contributed by atoms with Gasteiger partial charge in [0, 0.05) is 17.6 Å². The second kappa shape index (κ2) is 5.95. The molecule has 0 spiro atoms. The summed E-state index contributed by atoms with van der Waals surface area (Å²) in [5.41, 5.74) is 0.882. The molecule has 96 valence electrons. The van der Waals surface area contributed by atoms with Crippen LogP contribution in [0.25, 0.3) is 0 Å². The molecule has 0 aliphatic carbocycles. The van der Waals surface area contributed by atoms with E-state index < -0.39 is 10.0 Å². The van der Waals surface area contributed by atoms with Crippen LogP contribution in [0.4, 0.5) is 0 Å². The summed E-state index contributed by atoms with van der Waals surface area (Å²) < 4.78 is 32.3. The molecule has 1 atom stereocenters. The first kappa shape index (κ1) is 14.6. The Labute approximate surface area is 111 Å². The molecule has 0 unspecified atom stereocenters. The third-order valence-corrected chi connectivity index (χ3v) is 4.69. The monoisotopic (exact) mass is 321 g/mol. The molecular weight excluding hydrogens is 306 g/mol. The van der Waals surface area contributed by atoms with Crippen LogP contribution in [0.5, 0.6) is 0 Å². The van der Waals surface area contributed by atoms with Gasteiger partial charge in [-0.15, -0.1) is 0 Å². The van der Waals surface area contributed by atoms with Crippen molar-refractivity contribution in [3.05, 3.63) is 28.2 Å². The summed E-state index contributed by atoms with van der Waals surface area (Å²) in [6, 6.07) is 4.67. The first-order valence-electron chi connectivity index (χ1n) is 5.14.